The molecule has 1 fully saturated rings. The number of carbonyl (C=O) groups excluding carboxylic acids is 1. The van der Waals surface area contributed by atoms with Crippen LogP contribution in [0.5, 0.6) is 17.2 Å². The van der Waals surface area contributed by atoms with E-state index >= 15 is 0 Å². The van der Waals surface area contributed by atoms with Gasteiger partial charge in [0.2, 0.25) is 0 Å². The highest BCUT2D eigenvalue weighted by atomic mass is 35.5. The van der Waals surface area contributed by atoms with Crippen LogP contribution >= 0.6 is 23.2 Å². The van der Waals surface area contributed by atoms with E-state index in [1.165, 1.54) is 19.8 Å². The molecule has 0 radical (unpaired) electrons. The first kappa shape index (κ1) is 21.6. The second-order valence-corrected chi connectivity index (χ2v) is 7.53. The smallest absolute Gasteiger partial charge is 0.260 e. The molecule has 0 bridgehead atoms. The molecular weight excluding hydrogens is 415 g/mol. The summed E-state index contributed by atoms with van der Waals surface area (Å²) in [6.45, 7) is 3.77. The minimum atomic E-state index is -0.0518. The van der Waals surface area contributed by atoms with Crippen molar-refractivity contribution in [2.24, 2.45) is 0 Å². The average molecular weight is 439 g/mol. The lowest BCUT2D eigenvalue weighted by Crippen LogP contribution is -2.49. The van der Waals surface area contributed by atoms with Gasteiger partial charge < -0.3 is 19.1 Å². The van der Waals surface area contributed by atoms with Gasteiger partial charge in [0.05, 0.1) is 14.2 Å². The molecule has 1 saturated heterocycles. The second kappa shape index (κ2) is 10.1. The monoisotopic (exact) mass is 438 g/mol. The molecular formula is C21H24Cl2N2O4. The Bertz CT molecular complexity index is 812. The summed E-state index contributed by atoms with van der Waals surface area (Å²) in [7, 11) is 3.03. The summed E-state index contributed by atoms with van der Waals surface area (Å²) in [5.41, 5.74) is 1.21. The number of hydrogen-bond acceptors (Lipinski definition) is 5. The number of piperazine rings is 1. The number of methoxy groups -OCH3 is 2. The second-order valence-electron chi connectivity index (χ2n) is 6.71. The van der Waals surface area contributed by atoms with Crippen LogP contribution in [0.15, 0.2) is 36.4 Å². The van der Waals surface area contributed by atoms with Crippen LogP contribution in [0.1, 0.15) is 5.56 Å². The number of ether oxygens (including phenoxy) is 3. The van der Waals surface area contributed by atoms with Gasteiger partial charge in [0, 0.05) is 49.9 Å². The Hall–Kier alpha value is -2.15. The highest BCUT2D eigenvalue weighted by Crippen LogP contribution is 2.38. The van der Waals surface area contributed by atoms with Crippen LogP contribution in [0.25, 0.3) is 0 Å². The van der Waals surface area contributed by atoms with Crippen LogP contribution in [0.3, 0.4) is 0 Å². The van der Waals surface area contributed by atoms with E-state index in [-0.39, 0.29) is 12.5 Å². The maximum Gasteiger partial charge on any atom is 0.260 e. The summed E-state index contributed by atoms with van der Waals surface area (Å²) in [6.07, 6.45) is 0. The Balaban J connectivity index is 1.49. The molecule has 0 spiro atoms. The van der Waals surface area contributed by atoms with Crippen molar-refractivity contribution >= 4 is 29.1 Å². The number of amides is 1. The molecule has 156 valence electrons. The zero-order valence-corrected chi connectivity index (χ0v) is 18.0. The maximum absolute atomic E-state index is 12.5. The third-order valence-corrected chi connectivity index (χ3v) is 5.45. The quantitative estimate of drug-likeness (QED) is 0.658. The number of benzene rings is 2. The first-order valence-electron chi connectivity index (χ1n) is 9.29. The highest BCUT2D eigenvalue weighted by molar-refractivity contribution is 6.33. The molecule has 1 heterocycles. The largest absolute Gasteiger partial charge is 0.495 e. The van der Waals surface area contributed by atoms with Crippen molar-refractivity contribution in [3.8, 4) is 17.2 Å². The molecule has 6 nitrogen and oxygen atoms in total. The van der Waals surface area contributed by atoms with Gasteiger partial charge in [-0.3, -0.25) is 9.69 Å². The summed E-state index contributed by atoms with van der Waals surface area (Å²) in [5.74, 6) is 1.29. The van der Waals surface area contributed by atoms with E-state index in [1.807, 2.05) is 29.2 Å². The van der Waals surface area contributed by atoms with E-state index in [0.717, 1.165) is 24.7 Å². The van der Waals surface area contributed by atoms with Crippen molar-refractivity contribution in [2.75, 3.05) is 47.0 Å². The molecule has 1 aliphatic heterocycles. The fraction of sp³-hybridized carbons (Fsp3) is 0.381. The molecule has 0 aliphatic carbocycles. The van der Waals surface area contributed by atoms with Crippen molar-refractivity contribution < 1.29 is 19.0 Å². The Morgan fingerprint density at radius 2 is 1.55 bits per heavy atom. The van der Waals surface area contributed by atoms with E-state index < -0.39 is 0 Å². The molecule has 0 unspecified atom stereocenters. The van der Waals surface area contributed by atoms with Crippen LogP contribution in [0, 0.1) is 0 Å². The summed E-state index contributed by atoms with van der Waals surface area (Å²) >= 11 is 12.1. The Labute approximate surface area is 180 Å². The lowest BCUT2D eigenvalue weighted by molar-refractivity contribution is -0.135. The van der Waals surface area contributed by atoms with Crippen molar-refractivity contribution in [1.29, 1.82) is 0 Å². The fourth-order valence-electron chi connectivity index (χ4n) is 3.17. The first-order chi connectivity index (χ1) is 14.0. The normalized spacial score (nSPS) is 14.6. The van der Waals surface area contributed by atoms with Gasteiger partial charge in [0.15, 0.2) is 6.61 Å². The number of hydrogen-bond donors (Lipinski definition) is 0. The summed E-state index contributed by atoms with van der Waals surface area (Å²) in [4.78, 5) is 16.7. The molecule has 3 rings (SSSR count). The van der Waals surface area contributed by atoms with E-state index in [0.29, 0.717) is 35.4 Å². The zero-order valence-electron chi connectivity index (χ0n) is 16.5. The fourth-order valence-corrected chi connectivity index (χ4v) is 3.56. The van der Waals surface area contributed by atoms with Gasteiger partial charge >= 0.3 is 0 Å². The van der Waals surface area contributed by atoms with E-state index in [4.69, 9.17) is 37.4 Å². The summed E-state index contributed by atoms with van der Waals surface area (Å²) in [6, 6.07) is 11.1. The Morgan fingerprint density at radius 1 is 0.966 bits per heavy atom. The van der Waals surface area contributed by atoms with Gasteiger partial charge in [-0.05, 0) is 17.7 Å². The van der Waals surface area contributed by atoms with Crippen molar-refractivity contribution in [3.63, 3.8) is 0 Å². The summed E-state index contributed by atoms with van der Waals surface area (Å²) in [5, 5.41) is 1.10. The lowest BCUT2D eigenvalue weighted by atomic mass is 10.2. The highest BCUT2D eigenvalue weighted by Gasteiger charge is 2.22. The first-order valence-corrected chi connectivity index (χ1v) is 10.0. The Kier molecular flexibility index (Phi) is 7.47. The molecule has 29 heavy (non-hydrogen) atoms. The van der Waals surface area contributed by atoms with Crippen molar-refractivity contribution in [3.05, 3.63) is 52.0 Å². The van der Waals surface area contributed by atoms with Gasteiger partial charge in [0.25, 0.3) is 5.91 Å². The molecule has 8 heteroatoms. The van der Waals surface area contributed by atoms with E-state index in [1.54, 1.807) is 12.1 Å². The predicted molar refractivity (Wildman–Crippen MR) is 113 cm³/mol. The molecule has 1 amide bonds. The lowest BCUT2D eigenvalue weighted by Gasteiger charge is -2.34. The Morgan fingerprint density at radius 3 is 2.10 bits per heavy atom. The van der Waals surface area contributed by atoms with E-state index in [2.05, 4.69) is 4.90 Å². The molecule has 1 aliphatic rings. The van der Waals surface area contributed by atoms with Gasteiger partial charge in [-0.1, -0.05) is 35.3 Å². The number of carbonyl (C=O) groups is 1. The number of halogens is 2. The third kappa shape index (κ3) is 5.69. The van der Waals surface area contributed by atoms with Crippen LogP contribution in [0.2, 0.25) is 10.0 Å². The van der Waals surface area contributed by atoms with Crippen LogP contribution < -0.4 is 14.2 Å². The third-order valence-electron chi connectivity index (χ3n) is 4.83. The van der Waals surface area contributed by atoms with E-state index in [9.17, 15) is 4.79 Å². The SMILES string of the molecule is COc1cc(OCC(=O)N2CCN(Cc3ccc(Cl)cc3)CC2)cc(OC)c1Cl. The molecule has 0 N–H and O–H groups in total. The van der Waals surface area contributed by atoms with Gasteiger partial charge in [-0.15, -0.1) is 0 Å². The van der Waals surface area contributed by atoms with Gasteiger partial charge in [0.1, 0.15) is 22.3 Å². The minimum Gasteiger partial charge on any atom is -0.495 e. The predicted octanol–water partition coefficient (Wildman–Crippen LogP) is 3.73. The standard InChI is InChI=1S/C21H24Cl2N2O4/c1-27-18-11-17(12-19(28-2)21(18)23)29-14-20(26)25-9-7-24(8-10-25)13-15-3-5-16(22)6-4-15/h3-6,11-12H,7-10,13-14H2,1-2H3. The maximum atomic E-state index is 12.5. The zero-order chi connectivity index (χ0) is 20.8. The number of nitrogens with zero attached hydrogens (tertiary/aromatic N) is 2. The molecule has 0 aromatic heterocycles. The molecule has 2 aromatic rings. The minimum absolute atomic E-state index is 0.0505. The molecule has 2 aromatic carbocycles. The summed E-state index contributed by atoms with van der Waals surface area (Å²) < 4.78 is 16.1. The van der Waals surface area contributed by atoms with Crippen molar-refractivity contribution in [1.82, 2.24) is 9.80 Å². The van der Waals surface area contributed by atoms with Crippen LogP contribution in [0.4, 0.5) is 0 Å². The van der Waals surface area contributed by atoms with Crippen molar-refractivity contribution in [2.45, 2.75) is 6.54 Å². The van der Waals surface area contributed by atoms with Crippen LogP contribution in [-0.2, 0) is 11.3 Å². The average Bonchev–Trinajstić information content (AvgIpc) is 2.75. The van der Waals surface area contributed by atoms with Gasteiger partial charge in [-0.25, -0.2) is 0 Å². The topological polar surface area (TPSA) is 51.2 Å². The molecule has 0 saturated carbocycles. The van der Waals surface area contributed by atoms with Gasteiger partial charge in [-0.2, -0.15) is 0 Å². The van der Waals surface area contributed by atoms with Crippen LogP contribution in [-0.4, -0.2) is 62.7 Å². The molecule has 0 atom stereocenters. The number of rotatable bonds is 7.